The van der Waals surface area contributed by atoms with Gasteiger partial charge in [0, 0.05) is 13.6 Å². The van der Waals surface area contributed by atoms with Crippen molar-refractivity contribution in [2.75, 3.05) is 13.6 Å². The molecule has 82 valence electrons. The van der Waals surface area contributed by atoms with E-state index in [-0.39, 0.29) is 6.03 Å². The van der Waals surface area contributed by atoms with Gasteiger partial charge in [-0.05, 0) is 13.3 Å². The zero-order valence-corrected chi connectivity index (χ0v) is 8.91. The van der Waals surface area contributed by atoms with Crippen LogP contribution in [0.2, 0.25) is 0 Å². The molecule has 0 rings (SSSR count). The molecule has 1 unspecified atom stereocenters. The van der Waals surface area contributed by atoms with E-state index >= 15 is 0 Å². The van der Waals surface area contributed by atoms with Crippen LogP contribution in [0, 0.1) is 0 Å². The average Bonchev–Trinajstić information content (AvgIpc) is 2.13. The first-order valence-electron chi connectivity index (χ1n) is 4.73. The highest BCUT2D eigenvalue weighted by Gasteiger charge is 2.15. The molecule has 0 aromatic rings. The van der Waals surface area contributed by atoms with Crippen molar-refractivity contribution in [3.8, 4) is 0 Å². The largest absolute Gasteiger partial charge is 0.480 e. The first-order chi connectivity index (χ1) is 6.49. The number of carboxylic acids is 1. The van der Waals surface area contributed by atoms with Gasteiger partial charge in [-0.3, -0.25) is 4.79 Å². The van der Waals surface area contributed by atoms with Gasteiger partial charge in [-0.25, -0.2) is 4.79 Å². The lowest BCUT2D eigenvalue weighted by Crippen LogP contribution is -2.45. The summed E-state index contributed by atoms with van der Waals surface area (Å²) in [5.74, 6) is -1.03. The van der Waals surface area contributed by atoms with E-state index in [1.165, 1.54) is 11.8 Å². The Kier molecular flexibility index (Phi) is 5.67. The van der Waals surface area contributed by atoms with Gasteiger partial charge in [0.25, 0.3) is 0 Å². The first kappa shape index (κ1) is 12.7. The van der Waals surface area contributed by atoms with Gasteiger partial charge in [-0.1, -0.05) is 13.3 Å². The number of aliphatic carboxylic acids is 1. The minimum absolute atomic E-state index is 0.339. The summed E-state index contributed by atoms with van der Waals surface area (Å²) in [5, 5.41) is 10.9. The summed E-state index contributed by atoms with van der Waals surface area (Å²) in [5.41, 5.74) is 0. The molecule has 14 heavy (non-hydrogen) atoms. The SMILES string of the molecule is CCCCN(C)C(=O)NC(C)C(=O)O. The van der Waals surface area contributed by atoms with E-state index in [1.54, 1.807) is 7.05 Å². The number of amides is 2. The van der Waals surface area contributed by atoms with Crippen LogP contribution in [-0.4, -0.2) is 41.6 Å². The Morgan fingerprint density at radius 2 is 2.07 bits per heavy atom. The maximum atomic E-state index is 11.3. The van der Waals surface area contributed by atoms with Crippen LogP contribution in [0.5, 0.6) is 0 Å². The lowest BCUT2D eigenvalue weighted by Gasteiger charge is -2.19. The smallest absolute Gasteiger partial charge is 0.325 e. The van der Waals surface area contributed by atoms with Gasteiger partial charge < -0.3 is 15.3 Å². The highest BCUT2D eigenvalue weighted by molar-refractivity contribution is 5.82. The number of nitrogens with one attached hydrogen (secondary N) is 1. The first-order valence-corrected chi connectivity index (χ1v) is 4.73. The molecule has 0 radical (unpaired) electrons. The Morgan fingerprint density at radius 1 is 1.50 bits per heavy atom. The number of carbonyl (C=O) groups excluding carboxylic acids is 1. The summed E-state index contributed by atoms with van der Waals surface area (Å²) in [4.78, 5) is 23.2. The highest BCUT2D eigenvalue weighted by atomic mass is 16.4. The van der Waals surface area contributed by atoms with Crippen molar-refractivity contribution in [3.63, 3.8) is 0 Å². The Bertz CT molecular complexity index is 206. The molecular weight excluding hydrogens is 184 g/mol. The zero-order chi connectivity index (χ0) is 11.1. The van der Waals surface area contributed by atoms with E-state index in [0.717, 1.165) is 12.8 Å². The molecule has 2 N–H and O–H groups in total. The van der Waals surface area contributed by atoms with Crippen LogP contribution in [-0.2, 0) is 4.79 Å². The normalized spacial score (nSPS) is 11.9. The van der Waals surface area contributed by atoms with E-state index in [0.29, 0.717) is 6.54 Å². The van der Waals surface area contributed by atoms with Crippen molar-refractivity contribution in [1.29, 1.82) is 0 Å². The minimum atomic E-state index is -1.03. The van der Waals surface area contributed by atoms with E-state index in [9.17, 15) is 9.59 Å². The van der Waals surface area contributed by atoms with Gasteiger partial charge in [-0.15, -0.1) is 0 Å². The number of hydrogen-bond donors (Lipinski definition) is 2. The molecule has 0 aliphatic heterocycles. The number of hydrogen-bond acceptors (Lipinski definition) is 2. The fraction of sp³-hybridized carbons (Fsp3) is 0.778. The van der Waals surface area contributed by atoms with Gasteiger partial charge in [0.15, 0.2) is 0 Å². The lowest BCUT2D eigenvalue weighted by molar-refractivity contribution is -0.138. The molecule has 0 aliphatic rings. The molecule has 0 spiro atoms. The standard InChI is InChI=1S/C9H18N2O3/c1-4-5-6-11(3)9(14)10-7(2)8(12)13/h7H,4-6H2,1-3H3,(H,10,14)(H,12,13). The Morgan fingerprint density at radius 3 is 2.50 bits per heavy atom. The fourth-order valence-corrected chi connectivity index (χ4v) is 0.854. The molecule has 0 heterocycles. The van der Waals surface area contributed by atoms with E-state index < -0.39 is 12.0 Å². The number of carboxylic acid groups (broad SMARTS) is 1. The van der Waals surface area contributed by atoms with E-state index in [4.69, 9.17) is 5.11 Å². The molecule has 5 nitrogen and oxygen atoms in total. The number of urea groups is 1. The van der Waals surface area contributed by atoms with Crippen molar-refractivity contribution < 1.29 is 14.7 Å². The molecule has 0 saturated carbocycles. The van der Waals surface area contributed by atoms with Crippen LogP contribution in [0.15, 0.2) is 0 Å². The maximum Gasteiger partial charge on any atom is 0.325 e. The van der Waals surface area contributed by atoms with Gasteiger partial charge in [0.1, 0.15) is 6.04 Å². The van der Waals surface area contributed by atoms with E-state index in [2.05, 4.69) is 5.32 Å². The summed E-state index contributed by atoms with van der Waals surface area (Å²) < 4.78 is 0. The Balaban J connectivity index is 3.88. The molecule has 0 bridgehead atoms. The molecule has 0 aromatic carbocycles. The summed E-state index contributed by atoms with van der Waals surface area (Å²) >= 11 is 0. The number of unbranched alkanes of at least 4 members (excludes halogenated alkanes) is 1. The molecule has 0 aliphatic carbocycles. The van der Waals surface area contributed by atoms with Gasteiger partial charge in [-0.2, -0.15) is 0 Å². The van der Waals surface area contributed by atoms with E-state index in [1.807, 2.05) is 6.92 Å². The second-order valence-electron chi connectivity index (χ2n) is 3.28. The molecule has 2 amide bonds. The predicted molar refractivity (Wildman–Crippen MR) is 53.2 cm³/mol. The summed E-state index contributed by atoms with van der Waals surface area (Å²) in [7, 11) is 1.65. The molecule has 0 saturated heterocycles. The molecule has 1 atom stereocenters. The summed E-state index contributed by atoms with van der Waals surface area (Å²) in [6.45, 7) is 4.12. The summed E-state index contributed by atoms with van der Waals surface area (Å²) in [6, 6.07) is -1.18. The van der Waals surface area contributed by atoms with Gasteiger partial charge in [0.05, 0.1) is 0 Å². The molecular formula is C9H18N2O3. The molecule has 0 aromatic heterocycles. The number of carbonyl (C=O) groups is 2. The fourth-order valence-electron chi connectivity index (χ4n) is 0.854. The van der Waals surface area contributed by atoms with Crippen molar-refractivity contribution in [2.24, 2.45) is 0 Å². The van der Waals surface area contributed by atoms with Crippen LogP contribution < -0.4 is 5.32 Å². The van der Waals surface area contributed by atoms with Crippen molar-refractivity contribution in [1.82, 2.24) is 10.2 Å². The second kappa shape index (κ2) is 6.23. The molecule has 0 fully saturated rings. The third kappa shape index (κ3) is 4.69. The zero-order valence-electron chi connectivity index (χ0n) is 8.91. The lowest BCUT2D eigenvalue weighted by atomic mass is 10.3. The predicted octanol–water partition coefficient (Wildman–Crippen LogP) is 0.901. The monoisotopic (exact) mass is 202 g/mol. The van der Waals surface area contributed by atoms with Crippen LogP contribution in [0.3, 0.4) is 0 Å². The maximum absolute atomic E-state index is 11.3. The second-order valence-corrected chi connectivity index (χ2v) is 3.28. The minimum Gasteiger partial charge on any atom is -0.480 e. The van der Waals surface area contributed by atoms with Crippen LogP contribution >= 0.6 is 0 Å². The third-order valence-electron chi connectivity index (χ3n) is 1.90. The van der Waals surface area contributed by atoms with Gasteiger partial charge >= 0.3 is 12.0 Å². The van der Waals surface area contributed by atoms with Gasteiger partial charge in [0.2, 0.25) is 0 Å². The third-order valence-corrected chi connectivity index (χ3v) is 1.90. The quantitative estimate of drug-likeness (QED) is 0.696. The average molecular weight is 202 g/mol. The van der Waals surface area contributed by atoms with Crippen molar-refractivity contribution in [3.05, 3.63) is 0 Å². The van der Waals surface area contributed by atoms with Crippen LogP contribution in [0.1, 0.15) is 26.7 Å². The number of nitrogens with zero attached hydrogens (tertiary/aromatic N) is 1. The Hall–Kier alpha value is -1.26. The Labute approximate surface area is 84.1 Å². The van der Waals surface area contributed by atoms with Crippen LogP contribution in [0.4, 0.5) is 4.79 Å². The highest BCUT2D eigenvalue weighted by Crippen LogP contribution is 1.93. The molecule has 5 heteroatoms. The van der Waals surface area contributed by atoms with Crippen molar-refractivity contribution in [2.45, 2.75) is 32.7 Å². The van der Waals surface area contributed by atoms with Crippen molar-refractivity contribution >= 4 is 12.0 Å². The summed E-state index contributed by atoms with van der Waals surface area (Å²) in [6.07, 6.45) is 1.93. The topological polar surface area (TPSA) is 69.6 Å². The van der Waals surface area contributed by atoms with Crippen LogP contribution in [0.25, 0.3) is 0 Å². The number of rotatable bonds is 5.